The van der Waals surface area contributed by atoms with Crippen molar-refractivity contribution in [2.75, 3.05) is 18.3 Å². The fourth-order valence-electron chi connectivity index (χ4n) is 4.68. The van der Waals surface area contributed by atoms with E-state index < -0.39 is 44.8 Å². The summed E-state index contributed by atoms with van der Waals surface area (Å²) >= 11 is 6.21. The first-order valence-electron chi connectivity index (χ1n) is 12.0. The van der Waals surface area contributed by atoms with Crippen molar-refractivity contribution < 1.29 is 37.4 Å². The van der Waals surface area contributed by atoms with Crippen molar-refractivity contribution in [3.05, 3.63) is 39.7 Å². The van der Waals surface area contributed by atoms with Gasteiger partial charge < -0.3 is 38.2 Å². The Labute approximate surface area is 216 Å². The van der Waals surface area contributed by atoms with Gasteiger partial charge >= 0.3 is 13.4 Å². The summed E-state index contributed by atoms with van der Waals surface area (Å²) in [7, 11) is -4.15. The summed E-state index contributed by atoms with van der Waals surface area (Å²) < 4.78 is 39.7. The van der Waals surface area contributed by atoms with Crippen molar-refractivity contribution in [3.8, 4) is 0 Å². The summed E-state index contributed by atoms with van der Waals surface area (Å²) in [4.78, 5) is 29.8. The molecule has 13 nitrogen and oxygen atoms in total. The molecule has 0 amide bonds. The molecule has 4 heterocycles. The second-order valence-electron chi connectivity index (χ2n) is 9.22. The molecule has 4 atom stereocenters. The van der Waals surface area contributed by atoms with Crippen molar-refractivity contribution in [3.63, 3.8) is 0 Å². The first kappa shape index (κ1) is 26.4. The van der Waals surface area contributed by atoms with Crippen molar-refractivity contribution in [2.45, 2.75) is 70.1 Å². The fourth-order valence-corrected chi connectivity index (χ4v) is 5.57. The first-order valence-corrected chi connectivity index (χ1v) is 14.1. The number of anilines is 1. The molecule has 0 radical (unpaired) electrons. The quantitative estimate of drug-likeness (QED) is 0.245. The lowest BCUT2D eigenvalue weighted by molar-refractivity contribution is -0.0567. The van der Waals surface area contributed by atoms with Crippen LogP contribution >= 0.6 is 19.2 Å². The van der Waals surface area contributed by atoms with Gasteiger partial charge in [0.2, 0.25) is 5.28 Å². The van der Waals surface area contributed by atoms with Gasteiger partial charge in [-0.1, -0.05) is 12.8 Å². The number of aliphatic hydroxyl groups excluding tert-OH is 1. The van der Waals surface area contributed by atoms with Crippen LogP contribution < -0.4 is 11.1 Å². The molecule has 5 rings (SSSR count). The summed E-state index contributed by atoms with van der Waals surface area (Å²) in [5, 5.41) is 15.0. The highest BCUT2D eigenvalue weighted by atomic mass is 35.5. The minimum atomic E-state index is -4.15. The van der Waals surface area contributed by atoms with Crippen LogP contribution in [0.25, 0.3) is 11.0 Å². The zero-order valence-corrected chi connectivity index (χ0v) is 21.7. The van der Waals surface area contributed by atoms with Crippen LogP contribution in [0.1, 0.15) is 49.9 Å². The molecule has 3 N–H and O–H groups in total. The molecule has 1 aliphatic carbocycles. The molecule has 0 aromatic carbocycles. The molecule has 37 heavy (non-hydrogen) atoms. The Morgan fingerprint density at radius 3 is 2.81 bits per heavy atom. The van der Waals surface area contributed by atoms with Crippen molar-refractivity contribution in [1.29, 1.82) is 0 Å². The van der Waals surface area contributed by atoms with Gasteiger partial charge in [0.05, 0.1) is 18.1 Å². The third-order valence-electron chi connectivity index (χ3n) is 6.47. The Bertz CT molecular complexity index is 1350. The number of nitrogens with zero attached hydrogens (tertiary/aromatic N) is 3. The predicted molar refractivity (Wildman–Crippen MR) is 130 cm³/mol. The lowest BCUT2D eigenvalue weighted by atomic mass is 10.2. The maximum Gasteiger partial charge on any atom is 0.519 e. The van der Waals surface area contributed by atoms with Gasteiger partial charge in [0.15, 0.2) is 12.0 Å². The third-order valence-corrected chi connectivity index (χ3v) is 7.68. The van der Waals surface area contributed by atoms with Crippen LogP contribution in [-0.4, -0.2) is 55.7 Å². The molecular weight excluding hydrogens is 531 g/mol. The molecule has 3 aromatic heterocycles. The van der Waals surface area contributed by atoms with Gasteiger partial charge in [0, 0.05) is 18.7 Å². The standard InChI is InChI=1S/C22H28ClN4O9P/c1-12-17(36-22(29)34-12)10-33-37(30,31)11-32-9-14-8-16(28)20(35-14)27-7-6-15-18(24-13-4-2-3-5-13)25-21(23)26-19(15)27/h6-7,13-14,16,20,28H,2-5,8-11H2,1H3,(H,30,31)(H,24,25,26)/t14-,16+,20+/m0/s1. The molecule has 1 saturated carbocycles. The summed E-state index contributed by atoms with van der Waals surface area (Å²) in [5.74, 6) is -0.0848. The molecule has 3 aromatic rings. The minimum Gasteiger partial charge on any atom is -0.396 e. The monoisotopic (exact) mass is 558 g/mol. The smallest absolute Gasteiger partial charge is 0.396 e. The topological polar surface area (TPSA) is 171 Å². The van der Waals surface area contributed by atoms with E-state index in [1.54, 1.807) is 10.8 Å². The molecule has 1 unspecified atom stereocenters. The van der Waals surface area contributed by atoms with Crippen LogP contribution in [-0.2, 0) is 25.2 Å². The van der Waals surface area contributed by atoms with Crippen LogP contribution in [0.2, 0.25) is 5.28 Å². The van der Waals surface area contributed by atoms with Crippen LogP contribution in [0.5, 0.6) is 0 Å². The molecule has 0 bridgehead atoms. The van der Waals surface area contributed by atoms with Gasteiger partial charge in [-0.25, -0.2) is 9.78 Å². The summed E-state index contributed by atoms with van der Waals surface area (Å²) in [6.07, 6.45) is 3.72. The molecule has 1 aliphatic heterocycles. The van der Waals surface area contributed by atoms with Crippen molar-refractivity contribution in [2.24, 2.45) is 0 Å². The second kappa shape index (κ2) is 10.9. The average Bonchev–Trinajstić information content (AvgIpc) is 3.61. The summed E-state index contributed by atoms with van der Waals surface area (Å²) in [6, 6.07) is 2.19. The Morgan fingerprint density at radius 2 is 2.08 bits per heavy atom. The lowest BCUT2D eigenvalue weighted by Crippen LogP contribution is -2.20. The maximum atomic E-state index is 12.3. The molecule has 1 saturated heterocycles. The number of rotatable bonds is 10. The van der Waals surface area contributed by atoms with E-state index in [1.165, 1.54) is 19.8 Å². The van der Waals surface area contributed by atoms with Crippen molar-refractivity contribution >= 4 is 36.0 Å². The van der Waals surface area contributed by atoms with E-state index in [4.69, 9.17) is 30.0 Å². The van der Waals surface area contributed by atoms with Gasteiger partial charge in [0.25, 0.3) is 0 Å². The number of aliphatic hydroxyl groups is 1. The number of hydrogen-bond acceptors (Lipinski definition) is 11. The Hall–Kier alpha value is -2.25. The minimum absolute atomic E-state index is 0.0221. The number of hydrogen-bond donors (Lipinski definition) is 3. The largest absolute Gasteiger partial charge is 0.519 e. The van der Waals surface area contributed by atoms with E-state index in [-0.39, 0.29) is 29.8 Å². The Morgan fingerprint density at radius 1 is 1.30 bits per heavy atom. The van der Waals surface area contributed by atoms with Gasteiger partial charge in [-0.2, -0.15) is 4.98 Å². The molecule has 0 spiro atoms. The fraction of sp³-hybridized carbons (Fsp3) is 0.591. The molecule has 15 heteroatoms. The number of ether oxygens (including phenoxy) is 2. The first-order chi connectivity index (χ1) is 17.7. The maximum absolute atomic E-state index is 12.3. The highest BCUT2D eigenvalue weighted by molar-refractivity contribution is 7.52. The van der Waals surface area contributed by atoms with E-state index in [0.717, 1.165) is 18.2 Å². The lowest BCUT2D eigenvalue weighted by Gasteiger charge is -2.19. The predicted octanol–water partition coefficient (Wildman–Crippen LogP) is 3.32. The molecule has 2 aliphatic rings. The Balaban J connectivity index is 1.18. The Kier molecular flexibility index (Phi) is 7.73. The van der Waals surface area contributed by atoms with Crippen LogP contribution in [0.15, 0.2) is 25.9 Å². The number of halogens is 1. The van der Waals surface area contributed by atoms with Gasteiger partial charge in [-0.3, -0.25) is 9.09 Å². The number of aromatic nitrogens is 3. The van der Waals surface area contributed by atoms with Gasteiger partial charge in [-0.05, 0) is 37.4 Å². The van der Waals surface area contributed by atoms with Crippen LogP contribution in [0.4, 0.5) is 5.82 Å². The third kappa shape index (κ3) is 6.09. The number of fused-ring (bicyclic) bond motifs is 1. The van der Waals surface area contributed by atoms with Crippen molar-refractivity contribution in [1.82, 2.24) is 14.5 Å². The second-order valence-corrected chi connectivity index (χ2v) is 11.4. The van der Waals surface area contributed by atoms with Crippen LogP contribution in [0, 0.1) is 6.92 Å². The van der Waals surface area contributed by atoms with E-state index in [1.807, 2.05) is 6.07 Å². The summed E-state index contributed by atoms with van der Waals surface area (Å²) in [6.45, 7) is 1.01. The van der Waals surface area contributed by atoms with E-state index in [9.17, 15) is 19.4 Å². The van der Waals surface area contributed by atoms with E-state index in [0.29, 0.717) is 17.5 Å². The highest BCUT2D eigenvalue weighted by Gasteiger charge is 2.37. The normalized spacial score (nSPS) is 24.2. The van der Waals surface area contributed by atoms with E-state index >= 15 is 0 Å². The molecular formula is C22H28ClN4O9P. The molecule has 2 fully saturated rings. The highest BCUT2D eigenvalue weighted by Crippen LogP contribution is 2.43. The van der Waals surface area contributed by atoms with E-state index in [2.05, 4.69) is 19.7 Å². The van der Waals surface area contributed by atoms with Gasteiger partial charge in [-0.15, -0.1) is 0 Å². The summed E-state index contributed by atoms with van der Waals surface area (Å²) in [5.41, 5.74) is 0.528. The van der Waals surface area contributed by atoms with Gasteiger partial charge in [0.1, 0.15) is 36.3 Å². The molecule has 202 valence electrons. The number of aryl methyl sites for hydroxylation is 1. The zero-order valence-electron chi connectivity index (χ0n) is 20.0. The van der Waals surface area contributed by atoms with Crippen LogP contribution in [0.3, 0.4) is 0 Å². The number of nitrogens with one attached hydrogen (secondary N) is 1. The SMILES string of the molecule is Cc1oc(=O)oc1COP(=O)(O)COC[C@@H]1C[C@@H](O)[C@H](n2ccc3c(NC4CCCC4)nc(Cl)nc32)O1. The average molecular weight is 559 g/mol. The zero-order chi connectivity index (χ0) is 26.2.